The number of carbonyl (C=O) groups excluding carboxylic acids is 2. The molecule has 0 atom stereocenters. The van der Waals surface area contributed by atoms with Gasteiger partial charge in [0.25, 0.3) is 11.7 Å². The van der Waals surface area contributed by atoms with E-state index in [9.17, 15) is 9.59 Å². The van der Waals surface area contributed by atoms with Crippen molar-refractivity contribution in [2.24, 2.45) is 7.05 Å². The number of Topliss-reactive ketones (excluding diaryl/α,β-unsaturated/α-hetero) is 1. The van der Waals surface area contributed by atoms with Crippen molar-refractivity contribution in [1.29, 1.82) is 0 Å². The minimum Gasteiger partial charge on any atom is -0.302 e. The van der Waals surface area contributed by atoms with Crippen LogP contribution in [0.15, 0.2) is 66.9 Å². The molecule has 5 heteroatoms. The summed E-state index contributed by atoms with van der Waals surface area (Å²) in [6.07, 6.45) is 1.69. The molecule has 0 saturated heterocycles. The molecule has 5 nitrogen and oxygen atoms in total. The number of aromatic nitrogens is 2. The van der Waals surface area contributed by atoms with Crippen LogP contribution in [-0.4, -0.2) is 21.5 Å². The largest absolute Gasteiger partial charge is 0.302 e. The summed E-state index contributed by atoms with van der Waals surface area (Å²) < 4.78 is 1.55. The van der Waals surface area contributed by atoms with E-state index in [2.05, 4.69) is 10.4 Å². The Morgan fingerprint density at radius 3 is 2.17 bits per heavy atom. The molecule has 0 fully saturated rings. The zero-order valence-corrected chi connectivity index (χ0v) is 12.6. The van der Waals surface area contributed by atoms with Crippen LogP contribution in [0.4, 0.5) is 5.82 Å². The topological polar surface area (TPSA) is 64.0 Å². The van der Waals surface area contributed by atoms with E-state index in [4.69, 9.17) is 0 Å². The number of benzene rings is 2. The van der Waals surface area contributed by atoms with Crippen LogP contribution >= 0.6 is 0 Å². The number of amides is 1. The zero-order chi connectivity index (χ0) is 16.2. The number of hydrogen-bond acceptors (Lipinski definition) is 3. The molecule has 0 spiro atoms. The summed E-state index contributed by atoms with van der Waals surface area (Å²) in [5, 5.41) is 6.50. The molecular weight excluding hydrogens is 290 g/mol. The van der Waals surface area contributed by atoms with Gasteiger partial charge in [0.05, 0.1) is 0 Å². The molecule has 0 unspecified atom stereocenters. The maximum absolute atomic E-state index is 12.2. The Hall–Kier alpha value is -3.21. The second kappa shape index (κ2) is 6.27. The van der Waals surface area contributed by atoms with Gasteiger partial charge in [0.1, 0.15) is 0 Å². The van der Waals surface area contributed by atoms with Crippen LogP contribution in [0.3, 0.4) is 0 Å². The molecule has 3 rings (SSSR count). The summed E-state index contributed by atoms with van der Waals surface area (Å²) >= 11 is 0. The Balaban J connectivity index is 1.73. The first kappa shape index (κ1) is 14.7. The van der Waals surface area contributed by atoms with E-state index in [0.717, 1.165) is 11.1 Å². The Bertz CT molecular complexity index is 836. The number of aryl methyl sites for hydroxylation is 1. The third kappa shape index (κ3) is 3.35. The van der Waals surface area contributed by atoms with Crippen molar-refractivity contribution in [3.8, 4) is 11.1 Å². The van der Waals surface area contributed by atoms with E-state index in [-0.39, 0.29) is 0 Å². The summed E-state index contributed by atoms with van der Waals surface area (Å²) in [5.74, 6) is -0.932. The number of anilines is 1. The summed E-state index contributed by atoms with van der Waals surface area (Å²) in [6.45, 7) is 0. The first-order valence-corrected chi connectivity index (χ1v) is 7.14. The van der Waals surface area contributed by atoms with Crippen molar-refractivity contribution in [3.05, 3.63) is 72.4 Å². The van der Waals surface area contributed by atoms with E-state index in [0.29, 0.717) is 11.4 Å². The lowest BCUT2D eigenvalue weighted by Crippen LogP contribution is -2.23. The van der Waals surface area contributed by atoms with E-state index in [1.165, 1.54) is 0 Å². The van der Waals surface area contributed by atoms with Crippen LogP contribution in [0.5, 0.6) is 0 Å². The molecule has 1 amide bonds. The third-order valence-electron chi connectivity index (χ3n) is 3.42. The summed E-state index contributed by atoms with van der Waals surface area (Å²) in [5.41, 5.74) is 2.40. The highest BCUT2D eigenvalue weighted by atomic mass is 16.2. The normalized spacial score (nSPS) is 10.3. The highest BCUT2D eigenvalue weighted by Crippen LogP contribution is 2.19. The van der Waals surface area contributed by atoms with Gasteiger partial charge in [-0.2, -0.15) is 5.10 Å². The number of hydrogen-bond donors (Lipinski definition) is 1. The molecule has 0 bridgehead atoms. The molecule has 0 aliphatic carbocycles. The molecular formula is C18H15N3O2. The standard InChI is InChI=1S/C18H15N3O2/c1-21-12-11-16(20-21)19-18(23)17(22)15-9-7-14(8-10-15)13-5-3-2-4-6-13/h2-12H,1H3,(H,19,20,23). The van der Waals surface area contributed by atoms with Crippen molar-refractivity contribution in [2.45, 2.75) is 0 Å². The molecule has 114 valence electrons. The van der Waals surface area contributed by atoms with Crippen LogP contribution in [0.1, 0.15) is 10.4 Å². The lowest BCUT2D eigenvalue weighted by atomic mass is 10.0. The Kier molecular flexibility index (Phi) is 4.01. The summed E-state index contributed by atoms with van der Waals surface area (Å²) in [6, 6.07) is 18.4. The first-order chi connectivity index (χ1) is 11.1. The highest BCUT2D eigenvalue weighted by Gasteiger charge is 2.17. The van der Waals surface area contributed by atoms with Crippen molar-refractivity contribution >= 4 is 17.5 Å². The van der Waals surface area contributed by atoms with Crippen molar-refractivity contribution in [1.82, 2.24) is 9.78 Å². The zero-order valence-electron chi connectivity index (χ0n) is 12.6. The molecule has 0 saturated carbocycles. The second-order valence-corrected chi connectivity index (χ2v) is 5.10. The Morgan fingerprint density at radius 1 is 0.913 bits per heavy atom. The van der Waals surface area contributed by atoms with Crippen LogP contribution in [-0.2, 0) is 11.8 Å². The predicted molar refractivity (Wildman–Crippen MR) is 88.0 cm³/mol. The SMILES string of the molecule is Cn1ccc(NC(=O)C(=O)c2ccc(-c3ccccc3)cc2)n1. The van der Waals surface area contributed by atoms with Gasteiger partial charge in [-0.15, -0.1) is 0 Å². The summed E-state index contributed by atoms with van der Waals surface area (Å²) in [7, 11) is 1.74. The smallest absolute Gasteiger partial charge is 0.297 e. The van der Waals surface area contributed by atoms with E-state index >= 15 is 0 Å². The molecule has 1 heterocycles. The second-order valence-electron chi connectivity index (χ2n) is 5.10. The molecule has 1 aromatic heterocycles. The Morgan fingerprint density at radius 2 is 1.57 bits per heavy atom. The number of nitrogens with one attached hydrogen (secondary N) is 1. The number of ketones is 1. The third-order valence-corrected chi connectivity index (χ3v) is 3.42. The van der Waals surface area contributed by atoms with Crippen molar-refractivity contribution in [2.75, 3.05) is 5.32 Å². The minimum absolute atomic E-state index is 0.345. The van der Waals surface area contributed by atoms with Gasteiger partial charge >= 0.3 is 0 Å². The predicted octanol–water partition coefficient (Wildman–Crippen LogP) is 2.91. The van der Waals surface area contributed by atoms with Gasteiger partial charge in [0.15, 0.2) is 5.82 Å². The average molecular weight is 305 g/mol. The van der Waals surface area contributed by atoms with Gasteiger partial charge in [-0.3, -0.25) is 14.3 Å². The van der Waals surface area contributed by atoms with Gasteiger partial charge in [-0.05, 0) is 11.1 Å². The van der Waals surface area contributed by atoms with Crippen LogP contribution < -0.4 is 5.32 Å². The van der Waals surface area contributed by atoms with Crippen molar-refractivity contribution < 1.29 is 9.59 Å². The van der Waals surface area contributed by atoms with E-state index in [1.807, 2.05) is 42.5 Å². The fourth-order valence-corrected chi connectivity index (χ4v) is 2.23. The summed E-state index contributed by atoms with van der Waals surface area (Å²) in [4.78, 5) is 24.1. The molecule has 1 N–H and O–H groups in total. The highest BCUT2D eigenvalue weighted by molar-refractivity contribution is 6.46. The molecule has 0 radical (unpaired) electrons. The van der Waals surface area contributed by atoms with Crippen LogP contribution in [0, 0.1) is 0 Å². The number of rotatable bonds is 4. The van der Waals surface area contributed by atoms with Crippen LogP contribution in [0.25, 0.3) is 11.1 Å². The lowest BCUT2D eigenvalue weighted by Gasteiger charge is -2.04. The van der Waals surface area contributed by atoms with Gasteiger partial charge < -0.3 is 5.32 Å². The number of nitrogens with zero attached hydrogens (tertiary/aromatic N) is 2. The van der Waals surface area contributed by atoms with E-state index < -0.39 is 11.7 Å². The van der Waals surface area contributed by atoms with Crippen molar-refractivity contribution in [3.63, 3.8) is 0 Å². The fraction of sp³-hybridized carbons (Fsp3) is 0.0556. The van der Waals surface area contributed by atoms with Gasteiger partial charge in [0, 0.05) is 24.9 Å². The van der Waals surface area contributed by atoms with E-state index in [1.54, 1.807) is 36.1 Å². The minimum atomic E-state index is -0.698. The van der Waals surface area contributed by atoms with Gasteiger partial charge in [-0.25, -0.2) is 0 Å². The molecule has 2 aromatic carbocycles. The molecule has 3 aromatic rings. The lowest BCUT2D eigenvalue weighted by molar-refractivity contribution is -0.112. The van der Waals surface area contributed by atoms with Gasteiger partial charge in [-0.1, -0.05) is 54.6 Å². The maximum Gasteiger partial charge on any atom is 0.297 e. The van der Waals surface area contributed by atoms with Gasteiger partial charge in [0.2, 0.25) is 0 Å². The molecule has 23 heavy (non-hydrogen) atoms. The number of carbonyl (C=O) groups is 2. The quantitative estimate of drug-likeness (QED) is 0.595. The molecule has 0 aliphatic heterocycles. The maximum atomic E-state index is 12.2. The fourth-order valence-electron chi connectivity index (χ4n) is 2.23. The first-order valence-electron chi connectivity index (χ1n) is 7.14. The average Bonchev–Trinajstić information content (AvgIpc) is 3.00. The Labute approximate surface area is 133 Å². The van der Waals surface area contributed by atoms with Crippen LogP contribution in [0.2, 0.25) is 0 Å². The molecule has 0 aliphatic rings. The monoisotopic (exact) mass is 305 g/mol.